The molecule has 1 aromatic carbocycles. The van der Waals surface area contributed by atoms with E-state index in [1.807, 2.05) is 39.0 Å². The standard InChI is InChI=1S/C18H22N4O4S/c1-11(2)8-19-17(23)18(24)20-16-14-9-27(25,26)10-15(14)21-22(16)13-6-4-5-12(3)7-13/h4-7,11H,8-10H2,1-3H3,(H,19,23)(H,20,24). The monoisotopic (exact) mass is 390 g/mol. The fraction of sp³-hybridized carbons (Fsp3) is 0.389. The van der Waals surface area contributed by atoms with E-state index in [0.29, 0.717) is 23.5 Å². The lowest BCUT2D eigenvalue weighted by molar-refractivity contribution is -0.136. The Hall–Kier alpha value is -2.68. The molecule has 2 heterocycles. The van der Waals surface area contributed by atoms with Crippen LogP contribution in [0.4, 0.5) is 5.82 Å². The lowest BCUT2D eigenvalue weighted by Crippen LogP contribution is -2.37. The van der Waals surface area contributed by atoms with Gasteiger partial charge in [0.15, 0.2) is 9.84 Å². The number of hydrogen-bond donors (Lipinski definition) is 2. The highest BCUT2D eigenvalue weighted by molar-refractivity contribution is 7.90. The number of fused-ring (bicyclic) bond motifs is 1. The van der Waals surface area contributed by atoms with Gasteiger partial charge in [-0.2, -0.15) is 5.10 Å². The Labute approximate surface area is 157 Å². The number of sulfone groups is 1. The molecule has 0 saturated heterocycles. The van der Waals surface area contributed by atoms with Gasteiger partial charge in [0.2, 0.25) is 0 Å². The Morgan fingerprint density at radius 1 is 1.22 bits per heavy atom. The van der Waals surface area contributed by atoms with Crippen molar-refractivity contribution >= 4 is 27.5 Å². The van der Waals surface area contributed by atoms with Crippen molar-refractivity contribution in [3.8, 4) is 5.69 Å². The Balaban J connectivity index is 1.95. The first-order valence-electron chi connectivity index (χ1n) is 8.63. The van der Waals surface area contributed by atoms with Crippen molar-refractivity contribution in [2.75, 3.05) is 11.9 Å². The second-order valence-corrected chi connectivity index (χ2v) is 9.18. The minimum atomic E-state index is -3.30. The molecule has 0 bridgehead atoms. The topological polar surface area (TPSA) is 110 Å². The van der Waals surface area contributed by atoms with Crippen LogP contribution in [0.1, 0.15) is 30.7 Å². The first-order chi connectivity index (χ1) is 12.7. The summed E-state index contributed by atoms with van der Waals surface area (Å²) in [7, 11) is -3.30. The van der Waals surface area contributed by atoms with Gasteiger partial charge in [-0.25, -0.2) is 13.1 Å². The number of nitrogens with zero attached hydrogens (tertiary/aromatic N) is 2. The molecular formula is C18H22N4O4S. The average Bonchev–Trinajstić information content (AvgIpc) is 3.05. The van der Waals surface area contributed by atoms with Gasteiger partial charge in [0.1, 0.15) is 5.82 Å². The zero-order valence-corrected chi connectivity index (χ0v) is 16.3. The van der Waals surface area contributed by atoms with Crippen LogP contribution in [-0.2, 0) is 30.9 Å². The lowest BCUT2D eigenvalue weighted by atomic mass is 10.2. The Bertz CT molecular complexity index is 1010. The number of benzene rings is 1. The van der Waals surface area contributed by atoms with Gasteiger partial charge in [-0.3, -0.25) is 9.59 Å². The van der Waals surface area contributed by atoms with E-state index in [0.717, 1.165) is 5.56 Å². The van der Waals surface area contributed by atoms with Crippen LogP contribution >= 0.6 is 0 Å². The minimum Gasteiger partial charge on any atom is -0.348 e. The molecule has 0 unspecified atom stereocenters. The summed E-state index contributed by atoms with van der Waals surface area (Å²) in [6.07, 6.45) is 0. The van der Waals surface area contributed by atoms with Gasteiger partial charge >= 0.3 is 11.8 Å². The number of hydrogen-bond acceptors (Lipinski definition) is 5. The molecule has 3 rings (SSSR count). The Morgan fingerprint density at radius 2 is 1.96 bits per heavy atom. The molecular weight excluding hydrogens is 368 g/mol. The molecule has 9 heteroatoms. The number of aryl methyl sites for hydroxylation is 1. The Morgan fingerprint density at radius 3 is 2.63 bits per heavy atom. The van der Waals surface area contributed by atoms with E-state index in [1.165, 1.54) is 4.68 Å². The minimum absolute atomic E-state index is 0.177. The van der Waals surface area contributed by atoms with Crippen LogP contribution in [-0.4, -0.2) is 36.6 Å². The van der Waals surface area contributed by atoms with Gasteiger partial charge in [0.05, 0.1) is 22.9 Å². The third kappa shape index (κ3) is 4.19. The van der Waals surface area contributed by atoms with Gasteiger partial charge in [-0.1, -0.05) is 26.0 Å². The van der Waals surface area contributed by atoms with E-state index in [1.54, 1.807) is 6.07 Å². The molecule has 0 atom stereocenters. The van der Waals surface area contributed by atoms with Crippen LogP contribution in [0.15, 0.2) is 24.3 Å². The van der Waals surface area contributed by atoms with Crippen LogP contribution < -0.4 is 10.6 Å². The molecule has 0 saturated carbocycles. The molecule has 27 heavy (non-hydrogen) atoms. The number of amides is 2. The fourth-order valence-electron chi connectivity index (χ4n) is 2.86. The van der Waals surface area contributed by atoms with Crippen LogP contribution in [0, 0.1) is 12.8 Å². The summed E-state index contributed by atoms with van der Waals surface area (Å²) in [4.78, 5) is 24.4. The van der Waals surface area contributed by atoms with E-state index >= 15 is 0 Å². The van der Waals surface area contributed by atoms with Crippen LogP contribution in [0.25, 0.3) is 5.69 Å². The summed E-state index contributed by atoms with van der Waals surface area (Å²) in [6, 6.07) is 7.43. The zero-order valence-electron chi connectivity index (χ0n) is 15.4. The summed E-state index contributed by atoms with van der Waals surface area (Å²) in [5, 5.41) is 9.48. The summed E-state index contributed by atoms with van der Waals surface area (Å²) in [5.74, 6) is -1.58. The van der Waals surface area contributed by atoms with Crippen molar-refractivity contribution in [3.05, 3.63) is 41.1 Å². The molecule has 1 aliphatic rings. The van der Waals surface area contributed by atoms with Crippen molar-refractivity contribution in [1.82, 2.24) is 15.1 Å². The molecule has 0 radical (unpaired) electrons. The predicted molar refractivity (Wildman–Crippen MR) is 101 cm³/mol. The van der Waals surface area contributed by atoms with Crippen molar-refractivity contribution in [1.29, 1.82) is 0 Å². The fourth-order valence-corrected chi connectivity index (χ4v) is 4.35. The van der Waals surface area contributed by atoms with Crippen LogP contribution in [0.5, 0.6) is 0 Å². The molecule has 0 fully saturated rings. The number of aromatic nitrogens is 2. The smallest absolute Gasteiger partial charge is 0.314 e. The molecule has 1 aliphatic heterocycles. The van der Waals surface area contributed by atoms with E-state index in [-0.39, 0.29) is 23.2 Å². The third-order valence-corrected chi connectivity index (χ3v) is 5.58. The van der Waals surface area contributed by atoms with Crippen molar-refractivity contribution in [2.24, 2.45) is 5.92 Å². The predicted octanol–water partition coefficient (Wildman–Crippen LogP) is 1.32. The lowest BCUT2D eigenvalue weighted by Gasteiger charge is -2.12. The van der Waals surface area contributed by atoms with Gasteiger partial charge < -0.3 is 10.6 Å². The molecule has 2 aromatic rings. The zero-order chi connectivity index (χ0) is 19.8. The first-order valence-corrected chi connectivity index (χ1v) is 10.5. The Kier molecular flexibility index (Phi) is 5.05. The summed E-state index contributed by atoms with van der Waals surface area (Å²) < 4.78 is 25.4. The molecule has 0 spiro atoms. The number of carbonyl (C=O) groups excluding carboxylic acids is 2. The molecule has 2 amide bonds. The summed E-state index contributed by atoms with van der Waals surface area (Å²) in [5.41, 5.74) is 2.50. The molecule has 2 N–H and O–H groups in total. The number of carbonyl (C=O) groups is 2. The van der Waals surface area contributed by atoms with Gasteiger partial charge in [0.25, 0.3) is 0 Å². The maximum absolute atomic E-state index is 12.3. The van der Waals surface area contributed by atoms with Gasteiger partial charge in [0, 0.05) is 12.1 Å². The second kappa shape index (κ2) is 7.15. The quantitative estimate of drug-likeness (QED) is 0.765. The van der Waals surface area contributed by atoms with Crippen molar-refractivity contribution < 1.29 is 18.0 Å². The normalized spacial score (nSPS) is 14.8. The second-order valence-electron chi connectivity index (χ2n) is 7.11. The summed E-state index contributed by atoms with van der Waals surface area (Å²) in [6.45, 7) is 6.13. The highest BCUT2D eigenvalue weighted by atomic mass is 32.2. The molecule has 1 aromatic heterocycles. The first kappa shape index (κ1) is 19.1. The number of anilines is 1. The number of rotatable bonds is 4. The third-order valence-electron chi connectivity index (χ3n) is 4.14. The molecule has 8 nitrogen and oxygen atoms in total. The SMILES string of the molecule is Cc1cccc(-n2nc3c(c2NC(=O)C(=O)NCC(C)C)CS(=O)(=O)C3)c1. The summed E-state index contributed by atoms with van der Waals surface area (Å²) >= 11 is 0. The van der Waals surface area contributed by atoms with Crippen molar-refractivity contribution in [2.45, 2.75) is 32.3 Å². The van der Waals surface area contributed by atoms with E-state index in [4.69, 9.17) is 0 Å². The molecule has 0 aliphatic carbocycles. The van der Waals surface area contributed by atoms with Crippen LogP contribution in [0.3, 0.4) is 0 Å². The van der Waals surface area contributed by atoms with E-state index in [9.17, 15) is 18.0 Å². The highest BCUT2D eigenvalue weighted by Crippen LogP contribution is 2.33. The maximum Gasteiger partial charge on any atom is 0.314 e. The average molecular weight is 390 g/mol. The molecule has 144 valence electrons. The maximum atomic E-state index is 12.3. The van der Waals surface area contributed by atoms with Gasteiger partial charge in [-0.15, -0.1) is 0 Å². The highest BCUT2D eigenvalue weighted by Gasteiger charge is 2.33. The van der Waals surface area contributed by atoms with Crippen LogP contribution in [0.2, 0.25) is 0 Å². The van der Waals surface area contributed by atoms with E-state index < -0.39 is 21.7 Å². The number of nitrogens with one attached hydrogen (secondary N) is 2. The van der Waals surface area contributed by atoms with Gasteiger partial charge in [-0.05, 0) is 30.5 Å². The van der Waals surface area contributed by atoms with Crippen molar-refractivity contribution in [3.63, 3.8) is 0 Å². The largest absolute Gasteiger partial charge is 0.348 e. The van der Waals surface area contributed by atoms with E-state index in [2.05, 4.69) is 15.7 Å².